The fourth-order valence-electron chi connectivity index (χ4n) is 1.39. The first kappa shape index (κ1) is 11.1. The minimum atomic E-state index is -4.18. The number of hydrogen-bond donors (Lipinski definition) is 2. The molecule has 0 atom stereocenters. The lowest BCUT2D eigenvalue weighted by Crippen LogP contribution is -2.12. The molecule has 0 saturated carbocycles. The average molecular weight is 259 g/mol. The molecule has 2 rings (SSSR count). The van der Waals surface area contributed by atoms with Crippen molar-refractivity contribution in [3.05, 3.63) is 23.0 Å². The maximum atomic E-state index is 11.0. The largest absolute Gasteiger partial charge is 0.320 e. The van der Waals surface area contributed by atoms with Crippen LogP contribution in [0.5, 0.6) is 0 Å². The topological polar surface area (TPSA) is 97.7 Å². The van der Waals surface area contributed by atoms with Crippen molar-refractivity contribution < 1.29 is 13.0 Å². The van der Waals surface area contributed by atoms with E-state index in [1.807, 2.05) is 0 Å². The van der Waals surface area contributed by atoms with Crippen molar-refractivity contribution in [2.45, 2.75) is 4.90 Å². The number of aromatic nitrogens is 1. The van der Waals surface area contributed by atoms with Gasteiger partial charge in [0.15, 0.2) is 0 Å². The van der Waals surface area contributed by atoms with Gasteiger partial charge in [-0.3, -0.25) is 4.55 Å². The zero-order chi connectivity index (χ0) is 11.9. The number of fused-ring (bicyclic) bond motifs is 1. The lowest BCUT2D eigenvalue weighted by molar-refractivity contribution is 0.483. The molecule has 0 saturated heterocycles. The van der Waals surface area contributed by atoms with Gasteiger partial charge in [0.1, 0.15) is 0 Å². The van der Waals surface area contributed by atoms with Crippen LogP contribution in [-0.4, -0.2) is 17.5 Å². The summed E-state index contributed by atoms with van der Waals surface area (Å²) in [7, 11) is -2.46. The summed E-state index contributed by atoms with van der Waals surface area (Å²) in [5.74, 6) is 5.19. The minimum absolute atomic E-state index is 0.142. The number of thiazole rings is 1. The second kappa shape index (κ2) is 3.58. The molecule has 0 aliphatic carbocycles. The van der Waals surface area contributed by atoms with E-state index in [0.29, 0.717) is 10.3 Å². The maximum Gasteiger partial charge on any atom is 0.294 e. The highest BCUT2D eigenvalue weighted by atomic mass is 32.2. The van der Waals surface area contributed by atoms with Crippen molar-refractivity contribution in [3.63, 3.8) is 0 Å². The molecular formula is C8H9N3O3S2. The van der Waals surface area contributed by atoms with E-state index in [-0.39, 0.29) is 4.90 Å². The average Bonchev–Trinajstić information content (AvgIpc) is 2.54. The third-order valence-corrected chi connectivity index (χ3v) is 4.16. The predicted molar refractivity (Wildman–Crippen MR) is 60.4 cm³/mol. The molecule has 0 amide bonds. The van der Waals surface area contributed by atoms with Gasteiger partial charge >= 0.3 is 0 Å². The summed E-state index contributed by atoms with van der Waals surface area (Å²) in [6.07, 6.45) is 0. The van der Waals surface area contributed by atoms with E-state index in [1.165, 1.54) is 23.5 Å². The summed E-state index contributed by atoms with van der Waals surface area (Å²) >= 11 is 1.34. The van der Waals surface area contributed by atoms with Gasteiger partial charge in [0, 0.05) is 7.05 Å². The predicted octanol–water partition coefficient (Wildman–Crippen LogP) is 0.261. The lowest BCUT2D eigenvalue weighted by Gasteiger charge is -1.98. The maximum absolute atomic E-state index is 11.0. The van der Waals surface area contributed by atoms with Crippen LogP contribution in [0, 0.1) is 0 Å². The van der Waals surface area contributed by atoms with E-state index in [2.05, 4.69) is 5.10 Å². The molecule has 86 valence electrons. The molecular weight excluding hydrogens is 250 g/mol. The highest BCUT2D eigenvalue weighted by molar-refractivity contribution is 7.85. The molecule has 1 heterocycles. The molecule has 1 aromatic heterocycles. The first-order valence-corrected chi connectivity index (χ1v) is 6.50. The van der Waals surface area contributed by atoms with E-state index in [9.17, 15) is 8.42 Å². The molecule has 0 radical (unpaired) electrons. The van der Waals surface area contributed by atoms with Gasteiger partial charge in [-0.25, -0.2) is 0 Å². The Kier molecular flexibility index (Phi) is 2.49. The first-order valence-electron chi connectivity index (χ1n) is 4.24. The first-order chi connectivity index (χ1) is 7.43. The number of nitrogens with two attached hydrogens (primary N) is 1. The number of hydrogen-bond acceptors (Lipinski definition) is 5. The number of rotatable bonds is 1. The molecule has 8 heteroatoms. The molecule has 2 aromatic rings. The normalized spacial score (nSPS) is 13.5. The summed E-state index contributed by atoms with van der Waals surface area (Å²) < 4.78 is 33.4. The van der Waals surface area contributed by atoms with Gasteiger partial charge in [-0.2, -0.15) is 13.5 Å². The molecule has 1 aromatic carbocycles. The highest BCUT2D eigenvalue weighted by Crippen LogP contribution is 2.20. The van der Waals surface area contributed by atoms with Crippen molar-refractivity contribution in [2.24, 2.45) is 18.0 Å². The Morgan fingerprint density at radius 1 is 1.50 bits per heavy atom. The van der Waals surface area contributed by atoms with Crippen LogP contribution in [0.1, 0.15) is 0 Å². The van der Waals surface area contributed by atoms with E-state index >= 15 is 0 Å². The molecule has 0 fully saturated rings. The second-order valence-electron chi connectivity index (χ2n) is 3.18. The van der Waals surface area contributed by atoms with E-state index in [0.717, 1.165) is 4.70 Å². The van der Waals surface area contributed by atoms with E-state index in [4.69, 9.17) is 10.4 Å². The van der Waals surface area contributed by atoms with Gasteiger partial charge in [-0.15, -0.1) is 0 Å². The van der Waals surface area contributed by atoms with Crippen molar-refractivity contribution >= 4 is 31.7 Å². The zero-order valence-electron chi connectivity index (χ0n) is 8.28. The monoisotopic (exact) mass is 259 g/mol. The van der Waals surface area contributed by atoms with E-state index in [1.54, 1.807) is 17.7 Å². The second-order valence-corrected chi connectivity index (χ2v) is 5.61. The Morgan fingerprint density at radius 2 is 2.19 bits per heavy atom. The van der Waals surface area contributed by atoms with E-state index < -0.39 is 10.1 Å². The molecule has 0 aliphatic heterocycles. The summed E-state index contributed by atoms with van der Waals surface area (Å²) in [6.45, 7) is 0. The quantitative estimate of drug-likeness (QED) is 0.436. The standard InChI is InChI=1S/C8H9N3O3S2/c1-11-6-4-5(16(12,13)14)2-3-7(6)15-8(11)10-9/h2-4H,9H2,1H3,(H,12,13,14)/b10-8+. The molecule has 6 nitrogen and oxygen atoms in total. The minimum Gasteiger partial charge on any atom is -0.320 e. The SMILES string of the molecule is Cn1/c(=N\N)sc2ccc(S(=O)(=O)O)cc21. The van der Waals surface area contributed by atoms with Crippen LogP contribution in [0.15, 0.2) is 28.2 Å². The van der Waals surface area contributed by atoms with Crippen LogP contribution in [0.4, 0.5) is 0 Å². The lowest BCUT2D eigenvalue weighted by atomic mass is 10.3. The molecule has 0 unspecified atom stereocenters. The molecule has 0 aliphatic rings. The van der Waals surface area contributed by atoms with Crippen molar-refractivity contribution in [1.29, 1.82) is 0 Å². The summed E-state index contributed by atoms with van der Waals surface area (Å²) in [4.78, 5) is 0.430. The van der Waals surface area contributed by atoms with Crippen LogP contribution in [-0.2, 0) is 17.2 Å². The molecule has 0 bridgehead atoms. The number of aryl methyl sites for hydroxylation is 1. The smallest absolute Gasteiger partial charge is 0.294 e. The van der Waals surface area contributed by atoms with Crippen molar-refractivity contribution in [1.82, 2.24) is 4.57 Å². The van der Waals surface area contributed by atoms with Crippen LogP contribution in [0.3, 0.4) is 0 Å². The molecule has 0 spiro atoms. The van der Waals surface area contributed by atoms with Crippen molar-refractivity contribution in [3.8, 4) is 0 Å². The summed E-state index contributed by atoms with van der Waals surface area (Å²) in [6, 6.07) is 4.34. The zero-order valence-corrected chi connectivity index (χ0v) is 9.92. The fraction of sp³-hybridized carbons (Fsp3) is 0.125. The molecule has 3 N–H and O–H groups in total. The highest BCUT2D eigenvalue weighted by Gasteiger charge is 2.12. The van der Waals surface area contributed by atoms with Gasteiger partial charge < -0.3 is 10.4 Å². The fourth-order valence-corrected chi connectivity index (χ4v) is 2.81. The van der Waals surface area contributed by atoms with Gasteiger partial charge in [-0.1, -0.05) is 11.3 Å². The number of nitrogens with zero attached hydrogens (tertiary/aromatic N) is 2. The van der Waals surface area contributed by atoms with Gasteiger partial charge in [0.25, 0.3) is 10.1 Å². The Balaban J connectivity index is 2.86. The van der Waals surface area contributed by atoms with Crippen LogP contribution < -0.4 is 10.6 Å². The van der Waals surface area contributed by atoms with Gasteiger partial charge in [0.05, 0.1) is 15.1 Å². The summed E-state index contributed by atoms with van der Waals surface area (Å²) in [5.41, 5.74) is 0.657. The summed E-state index contributed by atoms with van der Waals surface area (Å²) in [5, 5.41) is 3.57. The van der Waals surface area contributed by atoms with Gasteiger partial charge in [-0.05, 0) is 18.2 Å². The van der Waals surface area contributed by atoms with Crippen LogP contribution in [0.2, 0.25) is 0 Å². The number of benzene rings is 1. The van der Waals surface area contributed by atoms with Gasteiger partial charge in [0.2, 0.25) is 4.80 Å². The Hall–Kier alpha value is -1.38. The third-order valence-electron chi connectivity index (χ3n) is 2.19. The van der Waals surface area contributed by atoms with Crippen LogP contribution in [0.25, 0.3) is 10.2 Å². The Bertz CT molecular complexity index is 712. The van der Waals surface area contributed by atoms with Crippen LogP contribution >= 0.6 is 11.3 Å². The third kappa shape index (κ3) is 1.70. The molecule has 16 heavy (non-hydrogen) atoms. The van der Waals surface area contributed by atoms with Crippen molar-refractivity contribution in [2.75, 3.05) is 0 Å². The Labute approximate surface area is 95.4 Å². The Morgan fingerprint density at radius 3 is 2.75 bits per heavy atom.